The van der Waals surface area contributed by atoms with Crippen molar-refractivity contribution in [1.82, 2.24) is 4.72 Å². The highest BCUT2D eigenvalue weighted by molar-refractivity contribution is 8.15. The SMILES string of the molecule is CS(=O)(O)(c1ccc(C=O)cc1)C1(c2cc(F)ccc2F)CCC(NS(=O)(=O)C(F)(F)F)CC1. The van der Waals surface area contributed by atoms with Crippen LogP contribution in [0.3, 0.4) is 0 Å². The Labute approximate surface area is 192 Å². The molecule has 0 radical (unpaired) electrons. The number of halogens is 5. The fourth-order valence-electron chi connectivity index (χ4n) is 4.44. The summed E-state index contributed by atoms with van der Waals surface area (Å²) in [6, 6.07) is 6.08. The molecule has 188 valence electrons. The topological polar surface area (TPSA) is 101 Å². The number of carbonyl (C=O) groups excluding carboxylic acids is 1. The van der Waals surface area contributed by atoms with Crippen molar-refractivity contribution in [2.24, 2.45) is 0 Å². The molecule has 0 heterocycles. The van der Waals surface area contributed by atoms with Crippen molar-refractivity contribution in [2.75, 3.05) is 6.26 Å². The van der Waals surface area contributed by atoms with Crippen molar-refractivity contribution in [2.45, 2.75) is 46.9 Å². The molecule has 0 amide bonds. The molecule has 2 aromatic rings. The first-order valence-electron chi connectivity index (χ1n) is 10.00. The first-order chi connectivity index (χ1) is 15.5. The number of rotatable bonds is 6. The number of carbonyl (C=O) groups is 1. The minimum Gasteiger partial charge on any atom is -0.298 e. The van der Waals surface area contributed by atoms with Crippen molar-refractivity contribution in [1.29, 1.82) is 0 Å². The monoisotopic (exact) mass is 527 g/mol. The van der Waals surface area contributed by atoms with Crippen molar-refractivity contribution in [3.8, 4) is 0 Å². The van der Waals surface area contributed by atoms with Gasteiger partial charge in [-0.3, -0.25) is 9.35 Å². The summed E-state index contributed by atoms with van der Waals surface area (Å²) in [5, 5.41) is 0. The number of benzene rings is 2. The molecule has 0 aromatic heterocycles. The third kappa shape index (κ3) is 4.41. The summed E-state index contributed by atoms with van der Waals surface area (Å²) in [5.74, 6) is -1.88. The molecule has 3 rings (SSSR count). The van der Waals surface area contributed by atoms with E-state index in [1.54, 1.807) is 0 Å². The normalized spacial score (nSPS) is 23.1. The molecule has 2 N–H and O–H groups in total. The summed E-state index contributed by atoms with van der Waals surface area (Å²) in [6.07, 6.45) is -0.0779. The van der Waals surface area contributed by atoms with Crippen LogP contribution >= 0.6 is 0 Å². The first kappa shape index (κ1) is 26.4. The highest BCUT2D eigenvalue weighted by Gasteiger charge is 2.55. The predicted molar refractivity (Wildman–Crippen MR) is 115 cm³/mol. The summed E-state index contributed by atoms with van der Waals surface area (Å²) in [4.78, 5) is 10.8. The maximum Gasteiger partial charge on any atom is 0.511 e. The molecule has 0 aliphatic heterocycles. The van der Waals surface area contributed by atoms with Gasteiger partial charge in [-0.1, -0.05) is 0 Å². The van der Waals surface area contributed by atoms with E-state index in [9.17, 15) is 43.9 Å². The van der Waals surface area contributed by atoms with Gasteiger partial charge < -0.3 is 0 Å². The average molecular weight is 528 g/mol. The molecule has 1 fully saturated rings. The van der Waals surface area contributed by atoms with E-state index in [0.717, 1.165) is 24.5 Å². The minimum atomic E-state index is -5.67. The van der Waals surface area contributed by atoms with E-state index in [4.69, 9.17) is 0 Å². The van der Waals surface area contributed by atoms with Gasteiger partial charge in [0.15, 0.2) is 0 Å². The highest BCUT2D eigenvalue weighted by atomic mass is 32.3. The molecule has 2 aromatic carbocycles. The number of hydrogen-bond donors (Lipinski definition) is 2. The molecule has 34 heavy (non-hydrogen) atoms. The van der Waals surface area contributed by atoms with Gasteiger partial charge in [-0.05, 0) is 68.1 Å². The van der Waals surface area contributed by atoms with E-state index in [2.05, 4.69) is 0 Å². The van der Waals surface area contributed by atoms with Crippen LogP contribution < -0.4 is 4.72 Å². The predicted octanol–water partition coefficient (Wildman–Crippen LogP) is 4.34. The lowest BCUT2D eigenvalue weighted by Crippen LogP contribution is -2.57. The summed E-state index contributed by atoms with van der Waals surface area (Å²) in [6.45, 7) is 0. The van der Waals surface area contributed by atoms with Gasteiger partial charge in [0.25, 0.3) is 0 Å². The van der Waals surface area contributed by atoms with E-state index >= 15 is 0 Å². The second kappa shape index (κ2) is 8.47. The second-order valence-electron chi connectivity index (χ2n) is 8.43. The van der Waals surface area contributed by atoms with Crippen LogP contribution in [-0.2, 0) is 24.1 Å². The Bertz CT molecular complexity index is 1260. The summed E-state index contributed by atoms with van der Waals surface area (Å²) in [7, 11) is -10.8. The van der Waals surface area contributed by atoms with Crippen molar-refractivity contribution >= 4 is 25.7 Å². The van der Waals surface area contributed by atoms with E-state index in [1.165, 1.54) is 29.0 Å². The van der Waals surface area contributed by atoms with Crippen molar-refractivity contribution in [3.05, 3.63) is 65.2 Å². The Morgan fingerprint density at radius 1 is 1.09 bits per heavy atom. The van der Waals surface area contributed by atoms with Gasteiger partial charge in [0.1, 0.15) is 17.9 Å². The zero-order valence-corrected chi connectivity index (χ0v) is 19.4. The quantitative estimate of drug-likeness (QED) is 0.430. The van der Waals surface area contributed by atoms with E-state index in [0.29, 0.717) is 6.29 Å². The molecule has 0 bridgehead atoms. The summed E-state index contributed by atoms with van der Waals surface area (Å²) < 4.78 is 116. The molecule has 13 heteroatoms. The Kier molecular flexibility index (Phi) is 6.57. The van der Waals surface area contributed by atoms with E-state index in [-0.39, 0.29) is 23.3 Å². The maximum absolute atomic E-state index is 15.0. The van der Waals surface area contributed by atoms with Crippen LogP contribution in [0.1, 0.15) is 41.6 Å². The van der Waals surface area contributed by atoms with Crippen molar-refractivity contribution < 1.29 is 43.9 Å². The van der Waals surface area contributed by atoms with Gasteiger partial charge in [0.2, 0.25) is 0 Å². The molecule has 0 spiro atoms. The third-order valence-corrected chi connectivity index (χ3v) is 11.4. The number of nitrogens with one attached hydrogen (secondary N) is 1. The van der Waals surface area contributed by atoms with Gasteiger partial charge in [-0.15, -0.1) is 0 Å². The second-order valence-corrected chi connectivity index (χ2v) is 14.0. The van der Waals surface area contributed by atoms with Gasteiger partial charge >= 0.3 is 15.5 Å². The zero-order valence-electron chi connectivity index (χ0n) is 17.8. The van der Waals surface area contributed by atoms with Crippen LogP contribution in [0, 0.1) is 11.6 Å². The largest absolute Gasteiger partial charge is 0.511 e. The maximum atomic E-state index is 15.0. The zero-order chi connectivity index (χ0) is 25.6. The molecule has 1 saturated carbocycles. The smallest absolute Gasteiger partial charge is 0.298 e. The van der Waals surface area contributed by atoms with Gasteiger partial charge in [-0.25, -0.2) is 26.1 Å². The molecular formula is C21H22F5NO5S2. The van der Waals surface area contributed by atoms with Crippen LogP contribution in [0.4, 0.5) is 22.0 Å². The molecule has 0 atom stereocenters. The van der Waals surface area contributed by atoms with Gasteiger partial charge in [0.05, 0.1) is 9.64 Å². The number of hydrogen-bond acceptors (Lipinski definition) is 4. The third-order valence-electron chi connectivity index (χ3n) is 6.33. The van der Waals surface area contributed by atoms with E-state index < -0.39 is 65.7 Å². The van der Waals surface area contributed by atoms with Gasteiger partial charge in [0, 0.05) is 23.4 Å². The first-order valence-corrected chi connectivity index (χ1v) is 13.8. The lowest BCUT2D eigenvalue weighted by atomic mass is 9.80. The van der Waals surface area contributed by atoms with Crippen LogP contribution in [0.15, 0.2) is 47.4 Å². The van der Waals surface area contributed by atoms with E-state index in [1.807, 2.05) is 0 Å². The fourth-order valence-corrected chi connectivity index (χ4v) is 8.34. The lowest BCUT2D eigenvalue weighted by molar-refractivity contribution is -0.0452. The number of alkyl halides is 3. The number of sulfonamides is 1. The Morgan fingerprint density at radius 3 is 2.15 bits per heavy atom. The standard InChI is InChI=1S/C21H22F5NO5S2/c1-34(31,32,17-5-2-14(13-28)3-6-17)20(18-12-15(22)4-7-19(18)23)10-8-16(9-11-20)27-33(29,30)21(24,25)26/h2-7,12-13,16,27H,8-11H2,1H3,(H,31,32). The van der Waals surface area contributed by atoms with Gasteiger partial charge in [-0.2, -0.15) is 22.5 Å². The highest BCUT2D eigenvalue weighted by Crippen LogP contribution is 2.57. The van der Waals surface area contributed by atoms with Crippen LogP contribution in [-0.4, -0.2) is 41.3 Å². The molecule has 0 saturated heterocycles. The Hall–Kier alpha value is -2.22. The molecule has 1 aliphatic carbocycles. The summed E-state index contributed by atoms with van der Waals surface area (Å²) in [5.41, 5.74) is -5.79. The summed E-state index contributed by atoms with van der Waals surface area (Å²) >= 11 is 0. The van der Waals surface area contributed by atoms with Crippen molar-refractivity contribution in [3.63, 3.8) is 0 Å². The Balaban J connectivity index is 2.12. The van der Waals surface area contributed by atoms with Crippen LogP contribution in [0.5, 0.6) is 0 Å². The van der Waals surface area contributed by atoms with Crippen LogP contribution in [0.2, 0.25) is 0 Å². The lowest BCUT2D eigenvalue weighted by Gasteiger charge is -2.58. The number of aldehydes is 1. The van der Waals surface area contributed by atoms with Crippen LogP contribution in [0.25, 0.3) is 0 Å². The molecule has 6 nitrogen and oxygen atoms in total. The minimum absolute atomic E-state index is 0.180. The molecule has 0 unspecified atom stereocenters. The molecular weight excluding hydrogens is 505 g/mol. The fraction of sp³-hybridized carbons (Fsp3) is 0.381. The molecule has 1 aliphatic rings. The Morgan fingerprint density at radius 2 is 1.65 bits per heavy atom. The average Bonchev–Trinajstić information content (AvgIpc) is 2.74.